The Bertz CT molecular complexity index is 454. The van der Waals surface area contributed by atoms with E-state index >= 15 is 0 Å². The Kier molecular flexibility index (Phi) is 11.6. The number of hydrogen-bond donors (Lipinski definition) is 2. The first-order chi connectivity index (χ1) is 10.1. The van der Waals surface area contributed by atoms with Crippen molar-refractivity contribution in [1.82, 2.24) is 10.6 Å². The van der Waals surface area contributed by atoms with Crippen LogP contribution in [0.3, 0.4) is 0 Å². The van der Waals surface area contributed by atoms with Crippen molar-refractivity contribution >= 4 is 41.5 Å². The molecule has 1 unspecified atom stereocenters. The largest absolute Gasteiger partial charge is 0.383 e. The topological polar surface area (TPSA) is 45.7 Å². The van der Waals surface area contributed by atoms with E-state index in [-0.39, 0.29) is 35.8 Å². The van der Waals surface area contributed by atoms with Crippen molar-refractivity contribution in [1.29, 1.82) is 0 Å². The van der Waals surface area contributed by atoms with Gasteiger partial charge in [-0.3, -0.25) is 4.99 Å². The molecule has 0 aliphatic heterocycles. The first kappa shape index (κ1) is 21.4. The molecule has 0 spiro atoms. The molecule has 1 rings (SSSR count). The van der Waals surface area contributed by atoms with Crippen LogP contribution in [-0.2, 0) is 11.2 Å². The molecule has 0 bridgehead atoms. The standard InChI is InChI=1S/C15H23ClFN3O.HI/c1-4-18-15(20-11(2)10-21-3)19-9-8-12-13(16)6-5-7-14(12)17;/h5-7,11H,4,8-10H2,1-3H3,(H2,18,19,20);1H. The molecule has 2 N–H and O–H groups in total. The summed E-state index contributed by atoms with van der Waals surface area (Å²) in [5.74, 6) is 0.401. The third kappa shape index (κ3) is 7.60. The zero-order valence-electron chi connectivity index (χ0n) is 13.2. The highest BCUT2D eigenvalue weighted by Crippen LogP contribution is 2.19. The van der Waals surface area contributed by atoms with Crippen LogP contribution in [0.2, 0.25) is 5.02 Å². The number of guanidine groups is 1. The van der Waals surface area contributed by atoms with Crippen LogP contribution in [0.4, 0.5) is 4.39 Å². The molecule has 0 heterocycles. The summed E-state index contributed by atoms with van der Waals surface area (Å²) >= 11 is 6.00. The Balaban J connectivity index is 0.00000441. The Morgan fingerprint density at radius 1 is 1.45 bits per heavy atom. The first-order valence-electron chi connectivity index (χ1n) is 7.05. The summed E-state index contributed by atoms with van der Waals surface area (Å²) in [5.41, 5.74) is 0.503. The quantitative estimate of drug-likeness (QED) is 0.386. The van der Waals surface area contributed by atoms with E-state index in [4.69, 9.17) is 16.3 Å². The molecule has 4 nitrogen and oxygen atoms in total. The Labute approximate surface area is 153 Å². The number of nitrogens with zero attached hydrogens (tertiary/aromatic N) is 1. The SMILES string of the molecule is CCNC(=NCCc1c(F)cccc1Cl)NC(C)COC.I. The second-order valence-electron chi connectivity index (χ2n) is 4.71. The molecule has 7 heteroatoms. The van der Waals surface area contributed by atoms with Gasteiger partial charge in [0.2, 0.25) is 0 Å². The summed E-state index contributed by atoms with van der Waals surface area (Å²) in [6.07, 6.45) is 0.459. The van der Waals surface area contributed by atoms with Crippen molar-refractivity contribution in [2.24, 2.45) is 4.99 Å². The molecule has 0 aromatic heterocycles. The molecule has 1 aromatic rings. The minimum atomic E-state index is -0.289. The average Bonchev–Trinajstić information content (AvgIpc) is 2.42. The van der Waals surface area contributed by atoms with E-state index in [9.17, 15) is 4.39 Å². The van der Waals surface area contributed by atoms with Crippen LogP contribution in [0.15, 0.2) is 23.2 Å². The predicted molar refractivity (Wildman–Crippen MR) is 101 cm³/mol. The number of benzene rings is 1. The molecule has 126 valence electrons. The van der Waals surface area contributed by atoms with E-state index in [0.29, 0.717) is 36.1 Å². The molecular formula is C15H24ClFIN3O. The fourth-order valence-corrected chi connectivity index (χ4v) is 2.15. The molecule has 0 amide bonds. The lowest BCUT2D eigenvalue weighted by molar-refractivity contribution is 0.179. The third-order valence-electron chi connectivity index (χ3n) is 2.84. The second kappa shape index (κ2) is 11.9. The molecular weight excluding hydrogens is 420 g/mol. The summed E-state index contributed by atoms with van der Waals surface area (Å²) in [6.45, 7) is 5.79. The fourth-order valence-electron chi connectivity index (χ4n) is 1.90. The van der Waals surface area contributed by atoms with Crippen LogP contribution in [0, 0.1) is 5.82 Å². The predicted octanol–water partition coefficient (Wildman–Crippen LogP) is 3.23. The molecule has 0 radical (unpaired) electrons. The molecule has 0 fully saturated rings. The smallest absolute Gasteiger partial charge is 0.191 e. The number of methoxy groups -OCH3 is 1. The maximum absolute atomic E-state index is 13.7. The fraction of sp³-hybridized carbons (Fsp3) is 0.533. The lowest BCUT2D eigenvalue weighted by atomic mass is 10.1. The van der Waals surface area contributed by atoms with E-state index in [2.05, 4.69) is 15.6 Å². The summed E-state index contributed by atoms with van der Waals surface area (Å²) in [6, 6.07) is 4.84. The van der Waals surface area contributed by atoms with Gasteiger partial charge in [0.25, 0.3) is 0 Å². The summed E-state index contributed by atoms with van der Waals surface area (Å²) in [5, 5.41) is 6.81. The Hall–Kier alpha value is -0.600. The number of halogens is 3. The van der Waals surface area contributed by atoms with Gasteiger partial charge in [0.15, 0.2) is 5.96 Å². The van der Waals surface area contributed by atoms with Crippen molar-refractivity contribution < 1.29 is 9.13 Å². The monoisotopic (exact) mass is 443 g/mol. The van der Waals surface area contributed by atoms with Crippen molar-refractivity contribution in [3.8, 4) is 0 Å². The van der Waals surface area contributed by atoms with Crippen LogP contribution in [-0.4, -0.2) is 38.8 Å². The van der Waals surface area contributed by atoms with Crippen molar-refractivity contribution in [2.45, 2.75) is 26.3 Å². The van der Waals surface area contributed by atoms with Crippen molar-refractivity contribution in [3.63, 3.8) is 0 Å². The highest BCUT2D eigenvalue weighted by Gasteiger charge is 2.07. The highest BCUT2D eigenvalue weighted by molar-refractivity contribution is 14.0. The van der Waals surface area contributed by atoms with Gasteiger partial charge in [-0.2, -0.15) is 0 Å². The van der Waals surface area contributed by atoms with Crippen LogP contribution in [0.1, 0.15) is 19.4 Å². The Morgan fingerprint density at radius 2 is 2.18 bits per heavy atom. The van der Waals surface area contributed by atoms with Crippen molar-refractivity contribution in [3.05, 3.63) is 34.6 Å². The summed E-state index contributed by atoms with van der Waals surface area (Å²) < 4.78 is 18.7. The van der Waals surface area contributed by atoms with E-state index in [1.165, 1.54) is 6.07 Å². The van der Waals surface area contributed by atoms with Gasteiger partial charge in [0, 0.05) is 36.8 Å². The average molecular weight is 444 g/mol. The van der Waals surface area contributed by atoms with E-state index in [1.807, 2.05) is 13.8 Å². The van der Waals surface area contributed by atoms with Crippen LogP contribution >= 0.6 is 35.6 Å². The molecule has 1 aromatic carbocycles. The van der Waals surface area contributed by atoms with Crippen molar-refractivity contribution in [2.75, 3.05) is 26.8 Å². The normalized spacial score (nSPS) is 12.5. The zero-order valence-corrected chi connectivity index (χ0v) is 16.2. The lowest BCUT2D eigenvalue weighted by Crippen LogP contribution is -2.44. The lowest BCUT2D eigenvalue weighted by Gasteiger charge is -2.17. The summed E-state index contributed by atoms with van der Waals surface area (Å²) in [7, 11) is 1.66. The van der Waals surface area contributed by atoms with Crippen LogP contribution in [0.25, 0.3) is 0 Å². The zero-order chi connectivity index (χ0) is 15.7. The molecule has 1 atom stereocenters. The van der Waals surface area contributed by atoms with Crippen LogP contribution in [0.5, 0.6) is 0 Å². The maximum atomic E-state index is 13.7. The second-order valence-corrected chi connectivity index (χ2v) is 5.12. The van der Waals surface area contributed by atoms with E-state index in [1.54, 1.807) is 19.2 Å². The number of ether oxygens (including phenoxy) is 1. The van der Waals surface area contributed by atoms with Crippen LogP contribution < -0.4 is 10.6 Å². The summed E-state index contributed by atoms with van der Waals surface area (Å²) in [4.78, 5) is 4.43. The van der Waals surface area contributed by atoms with Gasteiger partial charge in [0.05, 0.1) is 6.61 Å². The number of aliphatic imine (C=N–C) groups is 1. The molecule has 0 saturated heterocycles. The van der Waals surface area contributed by atoms with E-state index in [0.717, 1.165) is 6.54 Å². The van der Waals surface area contributed by atoms with Gasteiger partial charge in [0.1, 0.15) is 5.82 Å². The Morgan fingerprint density at radius 3 is 2.77 bits per heavy atom. The highest BCUT2D eigenvalue weighted by atomic mass is 127. The van der Waals surface area contributed by atoms with Gasteiger partial charge < -0.3 is 15.4 Å². The van der Waals surface area contributed by atoms with Gasteiger partial charge >= 0.3 is 0 Å². The molecule has 0 aliphatic carbocycles. The van der Waals surface area contributed by atoms with Gasteiger partial charge in [-0.05, 0) is 32.4 Å². The first-order valence-corrected chi connectivity index (χ1v) is 7.43. The van der Waals surface area contributed by atoms with Gasteiger partial charge in [-0.25, -0.2) is 4.39 Å². The van der Waals surface area contributed by atoms with Gasteiger partial charge in [-0.1, -0.05) is 17.7 Å². The molecule has 0 saturated carbocycles. The maximum Gasteiger partial charge on any atom is 0.191 e. The van der Waals surface area contributed by atoms with Gasteiger partial charge in [-0.15, -0.1) is 24.0 Å². The third-order valence-corrected chi connectivity index (χ3v) is 3.19. The number of hydrogen-bond acceptors (Lipinski definition) is 2. The minimum Gasteiger partial charge on any atom is -0.383 e. The number of nitrogens with one attached hydrogen (secondary N) is 2. The molecule has 0 aliphatic rings. The molecule has 22 heavy (non-hydrogen) atoms. The van der Waals surface area contributed by atoms with E-state index < -0.39 is 0 Å². The minimum absolute atomic E-state index is 0. The number of rotatable bonds is 7.